The minimum atomic E-state index is -0.488. The molecule has 4 rings (SSSR count). The van der Waals surface area contributed by atoms with Crippen molar-refractivity contribution in [2.75, 3.05) is 7.11 Å². The number of amides is 3. The monoisotopic (exact) mass is 450 g/mol. The Morgan fingerprint density at radius 3 is 2.45 bits per heavy atom. The lowest BCUT2D eigenvalue weighted by molar-refractivity contribution is -0.138. The number of ether oxygens (including phenoxy) is 1. The van der Waals surface area contributed by atoms with Gasteiger partial charge >= 0.3 is 6.03 Å². The first-order chi connectivity index (χ1) is 15.9. The lowest BCUT2D eigenvalue weighted by atomic mass is 9.50. The highest BCUT2D eigenvalue weighted by atomic mass is 19.1. The van der Waals surface area contributed by atoms with Gasteiger partial charge in [0.05, 0.1) is 18.7 Å². The van der Waals surface area contributed by atoms with Gasteiger partial charge in [-0.3, -0.25) is 4.79 Å². The minimum absolute atomic E-state index is 0.0713. The molecule has 8 heteroatoms. The summed E-state index contributed by atoms with van der Waals surface area (Å²) < 4.78 is 19.1. The molecule has 0 atom stereocenters. The fourth-order valence-corrected chi connectivity index (χ4v) is 4.84. The van der Waals surface area contributed by atoms with Crippen LogP contribution in [0.2, 0.25) is 0 Å². The summed E-state index contributed by atoms with van der Waals surface area (Å²) in [6.45, 7) is 0.550. The van der Waals surface area contributed by atoms with Crippen LogP contribution in [0.4, 0.5) is 9.18 Å². The van der Waals surface area contributed by atoms with E-state index in [1.807, 2.05) is 30.3 Å². The predicted octanol–water partition coefficient (Wildman–Crippen LogP) is 3.38. The summed E-state index contributed by atoms with van der Waals surface area (Å²) in [6.07, 6.45) is 3.33. The predicted molar refractivity (Wildman–Crippen MR) is 120 cm³/mol. The fourth-order valence-electron chi connectivity index (χ4n) is 4.84. The number of urea groups is 1. The molecule has 3 amide bonds. The lowest BCUT2D eigenvalue weighted by Gasteiger charge is -2.57. The number of hydrogen-bond donors (Lipinski definition) is 3. The van der Waals surface area contributed by atoms with Crippen LogP contribution in [0, 0.1) is 28.5 Å². The largest absolute Gasteiger partial charge is 0.497 e. The smallest absolute Gasteiger partial charge is 0.315 e. The van der Waals surface area contributed by atoms with E-state index in [1.165, 1.54) is 18.2 Å². The van der Waals surface area contributed by atoms with Gasteiger partial charge in [-0.2, -0.15) is 5.26 Å². The summed E-state index contributed by atoms with van der Waals surface area (Å²) in [6, 6.07) is 13.6. The Labute approximate surface area is 192 Å². The maximum absolute atomic E-state index is 14.0. The molecule has 0 aliphatic heterocycles. The average Bonchev–Trinajstić information content (AvgIpc) is 2.77. The van der Waals surface area contributed by atoms with E-state index in [0.717, 1.165) is 37.0 Å². The third-order valence-electron chi connectivity index (χ3n) is 6.67. The van der Waals surface area contributed by atoms with Crippen LogP contribution < -0.4 is 20.7 Å². The van der Waals surface area contributed by atoms with E-state index in [9.17, 15) is 14.0 Å². The second-order valence-corrected chi connectivity index (χ2v) is 9.02. The van der Waals surface area contributed by atoms with Crippen LogP contribution in [0.5, 0.6) is 5.75 Å². The Balaban J connectivity index is 1.13. The molecule has 0 saturated heterocycles. The molecule has 7 nitrogen and oxygen atoms in total. The van der Waals surface area contributed by atoms with Crippen LogP contribution in [-0.4, -0.2) is 25.1 Å². The number of rotatable bonds is 7. The molecule has 3 N–H and O–H groups in total. The van der Waals surface area contributed by atoms with Crippen LogP contribution in [-0.2, 0) is 17.9 Å². The second kappa shape index (κ2) is 9.49. The highest BCUT2D eigenvalue weighted by Crippen LogP contribution is 2.58. The molecule has 0 heterocycles. The number of carbonyl (C=O) groups is 2. The van der Waals surface area contributed by atoms with E-state index in [1.54, 1.807) is 7.11 Å². The maximum Gasteiger partial charge on any atom is 0.315 e. The number of halogens is 1. The maximum atomic E-state index is 14.0. The first kappa shape index (κ1) is 22.6. The Morgan fingerprint density at radius 1 is 1.09 bits per heavy atom. The zero-order valence-electron chi connectivity index (χ0n) is 18.5. The summed E-state index contributed by atoms with van der Waals surface area (Å²) in [5.74, 6) is 0.142. The van der Waals surface area contributed by atoms with Crippen LogP contribution in [0.15, 0.2) is 42.5 Å². The van der Waals surface area contributed by atoms with Gasteiger partial charge in [0.1, 0.15) is 11.6 Å². The van der Waals surface area contributed by atoms with Crippen molar-refractivity contribution in [3.05, 3.63) is 65.0 Å². The standard InChI is InChI=1S/C25H27FN4O3/c1-33-21-6-3-16(4-7-21)14-29-24(32)30-20-11-25(12-20)9-19(10-25)23(31)28-15-18-5-2-17(13-27)8-22(18)26/h2-8,19-20H,9-12,14-15H2,1H3,(H,28,31)(H2,29,30,32). The van der Waals surface area contributed by atoms with Gasteiger partial charge in [-0.05, 0) is 60.9 Å². The van der Waals surface area contributed by atoms with Crippen molar-refractivity contribution in [3.63, 3.8) is 0 Å². The molecular weight excluding hydrogens is 423 g/mol. The Bertz CT molecular complexity index is 1070. The van der Waals surface area contributed by atoms with E-state index < -0.39 is 5.82 Å². The first-order valence-electron chi connectivity index (χ1n) is 11.0. The van der Waals surface area contributed by atoms with Gasteiger partial charge in [0.2, 0.25) is 5.91 Å². The van der Waals surface area contributed by atoms with Gasteiger partial charge in [0, 0.05) is 30.6 Å². The molecule has 2 aromatic carbocycles. The molecule has 2 aromatic rings. The highest BCUT2D eigenvalue weighted by molar-refractivity contribution is 5.80. The summed E-state index contributed by atoms with van der Waals surface area (Å²) in [5, 5.41) is 17.5. The van der Waals surface area contributed by atoms with E-state index in [0.29, 0.717) is 12.1 Å². The highest BCUT2D eigenvalue weighted by Gasteiger charge is 2.54. The van der Waals surface area contributed by atoms with E-state index in [2.05, 4.69) is 16.0 Å². The molecule has 2 fully saturated rings. The second-order valence-electron chi connectivity index (χ2n) is 9.02. The molecule has 2 aliphatic carbocycles. The molecule has 0 bridgehead atoms. The molecule has 0 aromatic heterocycles. The number of nitrogens with one attached hydrogen (secondary N) is 3. The third kappa shape index (κ3) is 5.25. The van der Waals surface area contributed by atoms with Crippen LogP contribution in [0.25, 0.3) is 0 Å². The molecule has 33 heavy (non-hydrogen) atoms. The Morgan fingerprint density at radius 2 is 1.82 bits per heavy atom. The van der Waals surface area contributed by atoms with Crippen LogP contribution >= 0.6 is 0 Å². The number of carbonyl (C=O) groups excluding carboxylic acids is 2. The van der Waals surface area contributed by atoms with E-state index in [4.69, 9.17) is 10.00 Å². The van der Waals surface area contributed by atoms with Gasteiger partial charge < -0.3 is 20.7 Å². The Hall–Kier alpha value is -3.60. The van der Waals surface area contributed by atoms with Gasteiger partial charge in [-0.1, -0.05) is 18.2 Å². The van der Waals surface area contributed by atoms with Crippen molar-refractivity contribution >= 4 is 11.9 Å². The normalized spacial score (nSPS) is 22.9. The van der Waals surface area contributed by atoms with Crippen molar-refractivity contribution in [3.8, 4) is 11.8 Å². The molecule has 0 radical (unpaired) electrons. The summed E-state index contributed by atoms with van der Waals surface area (Å²) in [4.78, 5) is 24.6. The summed E-state index contributed by atoms with van der Waals surface area (Å²) in [7, 11) is 1.61. The molecule has 0 unspecified atom stereocenters. The fraction of sp³-hybridized carbons (Fsp3) is 0.400. The van der Waals surface area contributed by atoms with Gasteiger partial charge in [-0.15, -0.1) is 0 Å². The quantitative estimate of drug-likeness (QED) is 0.602. The van der Waals surface area contributed by atoms with Gasteiger partial charge in [0.15, 0.2) is 0 Å². The van der Waals surface area contributed by atoms with Crippen molar-refractivity contribution in [2.45, 2.75) is 44.8 Å². The zero-order valence-corrected chi connectivity index (χ0v) is 18.5. The zero-order chi connectivity index (χ0) is 23.4. The van der Waals surface area contributed by atoms with Crippen molar-refractivity contribution in [1.29, 1.82) is 5.26 Å². The minimum Gasteiger partial charge on any atom is -0.497 e. The third-order valence-corrected chi connectivity index (χ3v) is 6.67. The Kier molecular flexibility index (Phi) is 6.50. The van der Waals surface area contributed by atoms with Crippen LogP contribution in [0.3, 0.4) is 0 Å². The van der Waals surface area contributed by atoms with E-state index in [-0.39, 0.29) is 41.4 Å². The van der Waals surface area contributed by atoms with Crippen molar-refractivity contribution in [1.82, 2.24) is 16.0 Å². The average molecular weight is 451 g/mol. The van der Waals surface area contributed by atoms with Crippen LogP contribution in [0.1, 0.15) is 42.4 Å². The molecular formula is C25H27FN4O3. The number of hydrogen-bond acceptors (Lipinski definition) is 4. The molecule has 172 valence electrons. The number of methoxy groups -OCH3 is 1. The molecule has 1 spiro atoms. The summed E-state index contributed by atoms with van der Waals surface area (Å²) >= 11 is 0. The lowest BCUT2D eigenvalue weighted by Crippen LogP contribution is -2.59. The topological polar surface area (TPSA) is 103 Å². The number of benzene rings is 2. The first-order valence-corrected chi connectivity index (χ1v) is 11.0. The van der Waals surface area contributed by atoms with Gasteiger partial charge in [-0.25, -0.2) is 9.18 Å². The summed E-state index contributed by atoms with van der Waals surface area (Å²) in [5.41, 5.74) is 1.75. The number of nitriles is 1. The van der Waals surface area contributed by atoms with E-state index >= 15 is 0 Å². The molecule has 2 aliphatic rings. The van der Waals surface area contributed by atoms with Crippen molar-refractivity contribution < 1.29 is 18.7 Å². The van der Waals surface area contributed by atoms with Crippen molar-refractivity contribution in [2.24, 2.45) is 11.3 Å². The SMILES string of the molecule is COc1ccc(CNC(=O)NC2CC3(C2)CC(C(=O)NCc2ccc(C#N)cc2F)C3)cc1. The number of nitrogens with zero attached hydrogens (tertiary/aromatic N) is 1. The molecule has 2 saturated carbocycles. The van der Waals surface area contributed by atoms with Gasteiger partial charge in [0.25, 0.3) is 0 Å².